The fourth-order valence-corrected chi connectivity index (χ4v) is 2.92. The molecular weight excluding hydrogens is 328 g/mol. The quantitative estimate of drug-likeness (QED) is 0.675. The minimum absolute atomic E-state index is 0.0176. The van der Waals surface area contributed by atoms with E-state index in [9.17, 15) is 10.1 Å². The normalized spacial score (nSPS) is 15.3. The third-order valence-electron chi connectivity index (χ3n) is 4.18. The molecule has 0 aromatic heterocycles. The number of rotatable bonds is 4. The van der Waals surface area contributed by atoms with Crippen LogP contribution >= 0.6 is 11.6 Å². The number of anilines is 3. The van der Waals surface area contributed by atoms with Gasteiger partial charge >= 0.3 is 0 Å². The largest absolute Gasteiger partial charge is 0.369 e. The lowest BCUT2D eigenvalue weighted by Gasteiger charge is -2.34. The summed E-state index contributed by atoms with van der Waals surface area (Å²) in [6.07, 6.45) is 0. The molecule has 1 aliphatic heterocycles. The summed E-state index contributed by atoms with van der Waals surface area (Å²) >= 11 is 6.11. The maximum Gasteiger partial charge on any atom is 0.271 e. The Morgan fingerprint density at radius 1 is 1.08 bits per heavy atom. The molecule has 24 heavy (non-hydrogen) atoms. The van der Waals surface area contributed by atoms with Gasteiger partial charge in [-0.1, -0.05) is 11.6 Å². The van der Waals surface area contributed by atoms with Gasteiger partial charge in [-0.05, 0) is 37.4 Å². The van der Waals surface area contributed by atoms with Gasteiger partial charge in [0.05, 0.1) is 15.6 Å². The number of nitro groups is 1. The molecule has 1 aliphatic rings. The number of halogens is 1. The van der Waals surface area contributed by atoms with E-state index in [0.29, 0.717) is 10.7 Å². The predicted molar refractivity (Wildman–Crippen MR) is 97.5 cm³/mol. The minimum Gasteiger partial charge on any atom is -0.369 e. The molecule has 7 heteroatoms. The predicted octanol–water partition coefficient (Wildman–Crippen LogP) is 3.74. The van der Waals surface area contributed by atoms with E-state index < -0.39 is 4.92 Å². The summed E-state index contributed by atoms with van der Waals surface area (Å²) in [6, 6.07) is 12.5. The van der Waals surface area contributed by atoms with Crippen molar-refractivity contribution in [3.8, 4) is 0 Å². The van der Waals surface area contributed by atoms with E-state index in [2.05, 4.69) is 34.3 Å². The molecule has 1 heterocycles. The summed E-state index contributed by atoms with van der Waals surface area (Å²) in [5.74, 6) is 0. The van der Waals surface area contributed by atoms with Gasteiger partial charge in [0.2, 0.25) is 0 Å². The van der Waals surface area contributed by atoms with Crippen molar-refractivity contribution in [2.45, 2.75) is 0 Å². The van der Waals surface area contributed by atoms with E-state index in [1.165, 1.54) is 17.8 Å². The third kappa shape index (κ3) is 3.77. The van der Waals surface area contributed by atoms with Crippen LogP contribution in [0.1, 0.15) is 0 Å². The maximum absolute atomic E-state index is 10.7. The second-order valence-electron chi connectivity index (χ2n) is 5.88. The Morgan fingerprint density at radius 3 is 2.33 bits per heavy atom. The van der Waals surface area contributed by atoms with Crippen LogP contribution in [-0.4, -0.2) is 43.0 Å². The molecule has 2 aromatic carbocycles. The highest BCUT2D eigenvalue weighted by Gasteiger charge is 2.14. The standard InChI is InChI=1S/C17H19ClN4O2/c1-20-8-10-21(11-9-20)14-4-2-13(3-5-14)19-17-7-6-15(22(23)24)12-16(17)18/h2-7,12,19H,8-11H2,1H3. The minimum atomic E-state index is -0.458. The van der Waals surface area contributed by atoms with Crippen molar-refractivity contribution in [1.29, 1.82) is 0 Å². The Bertz CT molecular complexity index is 728. The lowest BCUT2D eigenvalue weighted by atomic mass is 10.2. The van der Waals surface area contributed by atoms with Crippen molar-refractivity contribution >= 4 is 34.4 Å². The highest BCUT2D eigenvalue weighted by molar-refractivity contribution is 6.33. The Kier molecular flexibility index (Phi) is 4.87. The summed E-state index contributed by atoms with van der Waals surface area (Å²) in [5.41, 5.74) is 2.72. The summed E-state index contributed by atoms with van der Waals surface area (Å²) in [6.45, 7) is 4.19. The molecule has 0 amide bonds. The summed E-state index contributed by atoms with van der Waals surface area (Å²) in [7, 11) is 2.14. The topological polar surface area (TPSA) is 61.6 Å². The van der Waals surface area contributed by atoms with Gasteiger partial charge in [0.1, 0.15) is 0 Å². The number of likely N-dealkylation sites (N-methyl/N-ethyl adjacent to an activating group) is 1. The van der Waals surface area contributed by atoms with Crippen LogP contribution in [0.5, 0.6) is 0 Å². The lowest BCUT2D eigenvalue weighted by molar-refractivity contribution is -0.384. The van der Waals surface area contributed by atoms with Gasteiger partial charge in [-0.25, -0.2) is 0 Å². The molecule has 0 spiro atoms. The zero-order chi connectivity index (χ0) is 17.1. The zero-order valence-electron chi connectivity index (χ0n) is 13.4. The van der Waals surface area contributed by atoms with E-state index in [1.807, 2.05) is 12.1 Å². The number of benzene rings is 2. The van der Waals surface area contributed by atoms with E-state index in [0.717, 1.165) is 31.9 Å². The molecule has 126 valence electrons. The summed E-state index contributed by atoms with van der Waals surface area (Å²) < 4.78 is 0. The van der Waals surface area contributed by atoms with Gasteiger partial charge in [0, 0.05) is 49.7 Å². The first kappa shape index (κ1) is 16.5. The summed E-state index contributed by atoms with van der Waals surface area (Å²) in [4.78, 5) is 15.0. The number of nitro benzene ring substituents is 1. The Labute approximate surface area is 145 Å². The van der Waals surface area contributed by atoms with E-state index in [-0.39, 0.29) is 5.69 Å². The van der Waals surface area contributed by atoms with Crippen LogP contribution in [-0.2, 0) is 0 Å². The van der Waals surface area contributed by atoms with Gasteiger partial charge < -0.3 is 15.1 Å². The highest BCUT2D eigenvalue weighted by Crippen LogP contribution is 2.30. The second kappa shape index (κ2) is 7.07. The molecule has 0 bridgehead atoms. The SMILES string of the molecule is CN1CCN(c2ccc(Nc3ccc([N+](=O)[O-])cc3Cl)cc2)CC1. The van der Waals surface area contributed by atoms with E-state index in [1.54, 1.807) is 6.07 Å². The number of nitrogens with zero attached hydrogens (tertiary/aromatic N) is 3. The Hall–Kier alpha value is -2.31. The number of piperazine rings is 1. The Balaban J connectivity index is 1.69. The van der Waals surface area contributed by atoms with Gasteiger partial charge in [0.15, 0.2) is 0 Å². The smallest absolute Gasteiger partial charge is 0.271 e. The van der Waals surface area contributed by atoms with Crippen LogP contribution in [0.15, 0.2) is 42.5 Å². The van der Waals surface area contributed by atoms with Crippen molar-refractivity contribution in [3.05, 3.63) is 57.6 Å². The average Bonchev–Trinajstić information content (AvgIpc) is 2.58. The molecule has 0 saturated carbocycles. The second-order valence-corrected chi connectivity index (χ2v) is 6.29. The number of nitrogens with one attached hydrogen (secondary N) is 1. The summed E-state index contributed by atoms with van der Waals surface area (Å²) in [5, 5.41) is 14.3. The molecule has 0 radical (unpaired) electrons. The number of hydrogen-bond donors (Lipinski definition) is 1. The molecule has 1 N–H and O–H groups in total. The van der Waals surface area contributed by atoms with Crippen LogP contribution in [0.3, 0.4) is 0 Å². The molecule has 0 atom stereocenters. The van der Waals surface area contributed by atoms with Crippen LogP contribution in [0, 0.1) is 10.1 Å². The monoisotopic (exact) mass is 346 g/mol. The van der Waals surface area contributed by atoms with Crippen LogP contribution in [0.2, 0.25) is 5.02 Å². The maximum atomic E-state index is 10.7. The van der Waals surface area contributed by atoms with Crippen molar-refractivity contribution in [2.24, 2.45) is 0 Å². The zero-order valence-corrected chi connectivity index (χ0v) is 14.2. The van der Waals surface area contributed by atoms with Crippen LogP contribution in [0.25, 0.3) is 0 Å². The van der Waals surface area contributed by atoms with Gasteiger partial charge in [-0.15, -0.1) is 0 Å². The van der Waals surface area contributed by atoms with Crippen LogP contribution < -0.4 is 10.2 Å². The van der Waals surface area contributed by atoms with E-state index in [4.69, 9.17) is 11.6 Å². The van der Waals surface area contributed by atoms with E-state index >= 15 is 0 Å². The molecular formula is C17H19ClN4O2. The number of hydrogen-bond acceptors (Lipinski definition) is 5. The van der Waals surface area contributed by atoms with Crippen molar-refractivity contribution < 1.29 is 4.92 Å². The van der Waals surface area contributed by atoms with Crippen molar-refractivity contribution in [3.63, 3.8) is 0 Å². The van der Waals surface area contributed by atoms with Gasteiger partial charge in [0.25, 0.3) is 5.69 Å². The van der Waals surface area contributed by atoms with Crippen LogP contribution in [0.4, 0.5) is 22.7 Å². The molecule has 6 nitrogen and oxygen atoms in total. The molecule has 1 saturated heterocycles. The first-order valence-corrected chi connectivity index (χ1v) is 8.15. The van der Waals surface area contributed by atoms with Crippen molar-refractivity contribution in [2.75, 3.05) is 43.4 Å². The lowest BCUT2D eigenvalue weighted by Crippen LogP contribution is -2.44. The number of non-ortho nitro benzene ring substituents is 1. The Morgan fingerprint density at radius 2 is 1.75 bits per heavy atom. The first-order chi connectivity index (χ1) is 11.5. The van der Waals surface area contributed by atoms with Gasteiger partial charge in [-0.3, -0.25) is 10.1 Å². The fourth-order valence-electron chi connectivity index (χ4n) is 2.69. The molecule has 1 fully saturated rings. The van der Waals surface area contributed by atoms with Crippen molar-refractivity contribution in [1.82, 2.24) is 4.90 Å². The molecule has 2 aromatic rings. The first-order valence-electron chi connectivity index (χ1n) is 7.77. The average molecular weight is 347 g/mol. The molecule has 0 aliphatic carbocycles. The van der Waals surface area contributed by atoms with Gasteiger partial charge in [-0.2, -0.15) is 0 Å². The third-order valence-corrected chi connectivity index (χ3v) is 4.49. The molecule has 0 unspecified atom stereocenters. The molecule has 3 rings (SSSR count). The highest BCUT2D eigenvalue weighted by atomic mass is 35.5. The fraction of sp³-hybridized carbons (Fsp3) is 0.294.